The minimum atomic E-state index is -0.537. The molecule has 35 heavy (non-hydrogen) atoms. The molecule has 0 saturated carbocycles. The molecule has 178 valence electrons. The molecule has 2 aliphatic heterocycles. The number of anilines is 3. The van der Waals surface area contributed by atoms with E-state index in [1.165, 1.54) is 36.7 Å². The highest BCUT2D eigenvalue weighted by Gasteiger charge is 2.40. The van der Waals surface area contributed by atoms with Gasteiger partial charge in [0.25, 0.3) is 0 Å². The standard InChI is InChI=1S/C28H28N4O2S/c33-26(29-22-14-16-23(17-15-22)31-18-8-3-9-19-31)20-25-27(34)32(24-12-6-2-7-13-24)28(35-25)30-21-10-4-1-5-11-21/h1-2,4-7,10-17,25H,3,8-9,18-20H2,(H,29,33)/t25-/m1/s1. The van der Waals surface area contributed by atoms with Crippen LogP contribution in [0.25, 0.3) is 0 Å². The number of piperidine rings is 1. The number of thioether (sulfide) groups is 1. The fourth-order valence-corrected chi connectivity index (χ4v) is 5.54. The van der Waals surface area contributed by atoms with E-state index in [1.54, 1.807) is 4.90 Å². The maximum absolute atomic E-state index is 13.4. The van der Waals surface area contributed by atoms with Crippen molar-refractivity contribution in [2.24, 2.45) is 4.99 Å². The zero-order valence-electron chi connectivity index (χ0n) is 19.5. The summed E-state index contributed by atoms with van der Waals surface area (Å²) in [7, 11) is 0. The van der Waals surface area contributed by atoms with Crippen molar-refractivity contribution in [3.05, 3.63) is 84.9 Å². The third-order valence-corrected chi connectivity index (χ3v) is 7.31. The van der Waals surface area contributed by atoms with Gasteiger partial charge in [-0.1, -0.05) is 48.2 Å². The monoisotopic (exact) mass is 484 g/mol. The van der Waals surface area contributed by atoms with E-state index in [-0.39, 0.29) is 18.2 Å². The Morgan fingerprint density at radius 2 is 1.51 bits per heavy atom. The second-order valence-corrected chi connectivity index (χ2v) is 9.86. The molecular formula is C28H28N4O2S. The zero-order valence-corrected chi connectivity index (χ0v) is 20.3. The molecule has 0 bridgehead atoms. The average molecular weight is 485 g/mol. The Balaban J connectivity index is 1.28. The van der Waals surface area contributed by atoms with Gasteiger partial charge >= 0.3 is 0 Å². The normalized spacial score (nSPS) is 19.3. The average Bonchev–Trinajstić information content (AvgIpc) is 3.20. The van der Waals surface area contributed by atoms with Crippen LogP contribution < -0.4 is 15.1 Å². The molecule has 2 fully saturated rings. The Kier molecular flexibility index (Phi) is 7.14. The van der Waals surface area contributed by atoms with Crippen LogP contribution in [-0.2, 0) is 9.59 Å². The first-order chi connectivity index (χ1) is 17.2. The van der Waals surface area contributed by atoms with Crippen molar-refractivity contribution in [1.29, 1.82) is 0 Å². The lowest BCUT2D eigenvalue weighted by Crippen LogP contribution is -2.33. The van der Waals surface area contributed by atoms with Gasteiger partial charge < -0.3 is 10.2 Å². The first-order valence-electron chi connectivity index (χ1n) is 12.0. The van der Waals surface area contributed by atoms with Gasteiger partial charge in [0, 0.05) is 30.9 Å². The molecule has 2 saturated heterocycles. The van der Waals surface area contributed by atoms with Crippen molar-refractivity contribution in [3.63, 3.8) is 0 Å². The highest BCUT2D eigenvalue weighted by molar-refractivity contribution is 8.16. The maximum atomic E-state index is 13.4. The Morgan fingerprint density at radius 1 is 0.857 bits per heavy atom. The van der Waals surface area contributed by atoms with Gasteiger partial charge in [-0.3, -0.25) is 14.5 Å². The summed E-state index contributed by atoms with van der Waals surface area (Å²) in [6.45, 7) is 2.16. The van der Waals surface area contributed by atoms with Crippen LogP contribution in [0.1, 0.15) is 25.7 Å². The van der Waals surface area contributed by atoms with Gasteiger partial charge in [0.05, 0.1) is 11.4 Å². The Bertz CT molecular complexity index is 1190. The van der Waals surface area contributed by atoms with Crippen LogP contribution in [0.5, 0.6) is 0 Å². The summed E-state index contributed by atoms with van der Waals surface area (Å²) >= 11 is 1.34. The molecule has 2 amide bonds. The van der Waals surface area contributed by atoms with Crippen LogP contribution in [0.15, 0.2) is 89.9 Å². The Morgan fingerprint density at radius 3 is 2.20 bits per heavy atom. The Hall–Kier alpha value is -3.58. The first-order valence-corrected chi connectivity index (χ1v) is 12.9. The molecule has 0 radical (unpaired) electrons. The lowest BCUT2D eigenvalue weighted by Gasteiger charge is -2.28. The number of hydrogen-bond acceptors (Lipinski definition) is 5. The van der Waals surface area contributed by atoms with E-state index in [0.717, 1.165) is 30.2 Å². The highest BCUT2D eigenvalue weighted by Crippen LogP contribution is 2.35. The van der Waals surface area contributed by atoms with Crippen molar-refractivity contribution in [2.45, 2.75) is 30.9 Å². The molecule has 7 heteroatoms. The predicted octanol–water partition coefficient (Wildman–Crippen LogP) is 5.84. The lowest BCUT2D eigenvalue weighted by molar-refractivity contribution is -0.121. The van der Waals surface area contributed by atoms with Gasteiger partial charge in [0.1, 0.15) is 5.25 Å². The molecule has 0 aromatic heterocycles. The number of carbonyl (C=O) groups excluding carboxylic acids is 2. The van der Waals surface area contributed by atoms with Crippen LogP contribution in [0.3, 0.4) is 0 Å². The molecule has 1 atom stereocenters. The van der Waals surface area contributed by atoms with Crippen LogP contribution in [-0.4, -0.2) is 35.3 Å². The number of amidine groups is 1. The molecular weight excluding hydrogens is 456 g/mol. The minimum Gasteiger partial charge on any atom is -0.372 e. The number of amides is 2. The van der Waals surface area contributed by atoms with Crippen molar-refractivity contribution in [1.82, 2.24) is 0 Å². The second-order valence-electron chi connectivity index (χ2n) is 8.69. The van der Waals surface area contributed by atoms with Gasteiger partial charge in [-0.05, 0) is 67.8 Å². The number of carbonyl (C=O) groups is 2. The first kappa shape index (κ1) is 23.2. The largest absolute Gasteiger partial charge is 0.372 e. The molecule has 3 aromatic rings. The fourth-order valence-electron chi connectivity index (χ4n) is 4.39. The van der Waals surface area contributed by atoms with E-state index >= 15 is 0 Å². The fraction of sp³-hybridized carbons (Fsp3) is 0.250. The third-order valence-electron chi connectivity index (χ3n) is 6.17. The molecule has 2 aliphatic rings. The predicted molar refractivity (Wildman–Crippen MR) is 145 cm³/mol. The zero-order chi connectivity index (χ0) is 24.0. The summed E-state index contributed by atoms with van der Waals surface area (Å²) < 4.78 is 0. The number of aliphatic imine (C=N–C) groups is 1. The van der Waals surface area contributed by atoms with Crippen LogP contribution >= 0.6 is 11.8 Å². The summed E-state index contributed by atoms with van der Waals surface area (Å²) in [5.41, 5.74) is 3.44. The maximum Gasteiger partial charge on any atom is 0.247 e. The Labute approximate surface area is 210 Å². The summed E-state index contributed by atoms with van der Waals surface area (Å²) in [5, 5.41) is 3.00. The molecule has 0 spiro atoms. The van der Waals surface area contributed by atoms with Crippen LogP contribution in [0.4, 0.5) is 22.7 Å². The SMILES string of the molecule is O=C(C[C@H]1SC(=Nc2ccccc2)N(c2ccccc2)C1=O)Nc1ccc(N2CCCCC2)cc1. The molecule has 1 N–H and O–H groups in total. The van der Waals surface area contributed by atoms with Gasteiger partial charge in [-0.25, -0.2) is 4.99 Å². The summed E-state index contributed by atoms with van der Waals surface area (Å²) in [6, 6.07) is 27.0. The van der Waals surface area contributed by atoms with E-state index in [2.05, 4.69) is 22.3 Å². The number of benzene rings is 3. The lowest BCUT2D eigenvalue weighted by atomic mass is 10.1. The van der Waals surface area contributed by atoms with Gasteiger partial charge in [-0.15, -0.1) is 0 Å². The number of hydrogen-bond donors (Lipinski definition) is 1. The van der Waals surface area contributed by atoms with E-state index < -0.39 is 5.25 Å². The van der Waals surface area contributed by atoms with E-state index in [4.69, 9.17) is 4.99 Å². The van der Waals surface area contributed by atoms with E-state index in [1.807, 2.05) is 72.8 Å². The molecule has 2 heterocycles. The van der Waals surface area contributed by atoms with Gasteiger partial charge in [0.15, 0.2) is 5.17 Å². The van der Waals surface area contributed by atoms with Crippen molar-refractivity contribution >= 4 is 51.5 Å². The molecule has 0 aliphatic carbocycles. The number of nitrogens with one attached hydrogen (secondary N) is 1. The smallest absolute Gasteiger partial charge is 0.247 e. The van der Waals surface area contributed by atoms with Gasteiger partial charge in [0.2, 0.25) is 11.8 Å². The van der Waals surface area contributed by atoms with Crippen LogP contribution in [0, 0.1) is 0 Å². The second kappa shape index (κ2) is 10.8. The molecule has 5 rings (SSSR count). The number of nitrogens with zero attached hydrogens (tertiary/aromatic N) is 3. The molecule has 0 unspecified atom stereocenters. The summed E-state index contributed by atoms with van der Waals surface area (Å²) in [5.74, 6) is -0.318. The summed E-state index contributed by atoms with van der Waals surface area (Å²) in [6.07, 6.45) is 3.82. The number of rotatable bonds is 6. The number of para-hydroxylation sites is 2. The minimum absolute atomic E-state index is 0.0779. The summed E-state index contributed by atoms with van der Waals surface area (Å²) in [4.78, 5) is 34.9. The highest BCUT2D eigenvalue weighted by atomic mass is 32.2. The van der Waals surface area contributed by atoms with Crippen molar-refractivity contribution in [3.8, 4) is 0 Å². The molecule has 6 nitrogen and oxygen atoms in total. The van der Waals surface area contributed by atoms with E-state index in [0.29, 0.717) is 5.17 Å². The topological polar surface area (TPSA) is 65.0 Å². The quantitative estimate of drug-likeness (QED) is 0.477. The van der Waals surface area contributed by atoms with Crippen molar-refractivity contribution in [2.75, 3.05) is 28.2 Å². The molecule has 3 aromatic carbocycles. The van der Waals surface area contributed by atoms with Gasteiger partial charge in [-0.2, -0.15) is 0 Å². The van der Waals surface area contributed by atoms with Crippen LogP contribution in [0.2, 0.25) is 0 Å². The van der Waals surface area contributed by atoms with Crippen molar-refractivity contribution < 1.29 is 9.59 Å². The van der Waals surface area contributed by atoms with E-state index in [9.17, 15) is 9.59 Å². The third kappa shape index (κ3) is 5.57.